The Labute approximate surface area is 141 Å². The second-order valence-electron chi connectivity index (χ2n) is 5.93. The Kier molecular flexibility index (Phi) is 4.79. The molecule has 1 aliphatic carbocycles. The Morgan fingerprint density at radius 1 is 1.08 bits per heavy atom. The largest absolute Gasteiger partial charge is 0.487 e. The minimum atomic E-state index is -0.110. The molecule has 1 aliphatic rings. The number of carbonyl (C=O) groups excluding carboxylic acids is 2. The van der Waals surface area contributed by atoms with Crippen LogP contribution < -0.4 is 15.4 Å². The van der Waals surface area contributed by atoms with Gasteiger partial charge in [0.25, 0.3) is 0 Å². The number of hydrogen-bond donors (Lipinski definition) is 2. The van der Waals surface area contributed by atoms with Gasteiger partial charge >= 0.3 is 0 Å². The maximum absolute atomic E-state index is 11.9. The zero-order chi connectivity index (χ0) is 16.9. The van der Waals surface area contributed by atoms with Crippen molar-refractivity contribution >= 4 is 23.2 Å². The van der Waals surface area contributed by atoms with Gasteiger partial charge in [-0.1, -0.05) is 24.3 Å². The van der Waals surface area contributed by atoms with E-state index in [9.17, 15) is 9.59 Å². The lowest BCUT2D eigenvalue weighted by Crippen LogP contribution is -2.14. The van der Waals surface area contributed by atoms with Gasteiger partial charge in [0.15, 0.2) is 0 Å². The molecule has 1 saturated carbocycles. The molecular weight excluding hydrogens is 304 g/mol. The summed E-state index contributed by atoms with van der Waals surface area (Å²) in [7, 11) is 0. The summed E-state index contributed by atoms with van der Waals surface area (Å²) in [5.74, 6) is 0.726. The first kappa shape index (κ1) is 16.1. The summed E-state index contributed by atoms with van der Waals surface area (Å²) in [4.78, 5) is 23.1. The summed E-state index contributed by atoms with van der Waals surface area (Å²) in [6.45, 7) is 1.83. The van der Waals surface area contributed by atoms with E-state index in [2.05, 4.69) is 10.6 Å². The average molecular weight is 324 g/mol. The molecule has 2 amide bonds. The number of carbonyl (C=O) groups is 2. The van der Waals surface area contributed by atoms with Crippen LogP contribution in [0, 0.1) is 5.92 Å². The van der Waals surface area contributed by atoms with Gasteiger partial charge in [0.05, 0.1) is 5.69 Å². The van der Waals surface area contributed by atoms with Gasteiger partial charge < -0.3 is 15.4 Å². The minimum Gasteiger partial charge on any atom is -0.487 e. The Hall–Kier alpha value is -2.82. The highest BCUT2D eigenvalue weighted by Crippen LogP contribution is 2.32. The maximum atomic E-state index is 11.9. The highest BCUT2D eigenvalue weighted by molar-refractivity contribution is 5.95. The topological polar surface area (TPSA) is 67.4 Å². The van der Waals surface area contributed by atoms with E-state index in [0.29, 0.717) is 18.0 Å². The SMILES string of the molecule is CC(=O)Nc1cccc(COc2ccccc2NC(=O)C2CC2)c1. The number of rotatable bonds is 6. The average Bonchev–Trinajstić information content (AvgIpc) is 3.39. The number of para-hydroxylation sites is 2. The number of ether oxygens (including phenoxy) is 1. The first-order valence-corrected chi connectivity index (χ1v) is 8.01. The van der Waals surface area contributed by atoms with E-state index in [1.807, 2.05) is 48.5 Å². The number of hydrogen-bond acceptors (Lipinski definition) is 3. The van der Waals surface area contributed by atoms with Crippen LogP contribution in [0.5, 0.6) is 5.75 Å². The number of benzene rings is 2. The molecule has 0 saturated heterocycles. The predicted molar refractivity (Wildman–Crippen MR) is 92.9 cm³/mol. The molecule has 0 radical (unpaired) electrons. The Balaban J connectivity index is 1.66. The molecule has 1 fully saturated rings. The zero-order valence-corrected chi connectivity index (χ0v) is 13.5. The van der Waals surface area contributed by atoms with Crippen LogP contribution in [0.4, 0.5) is 11.4 Å². The Morgan fingerprint density at radius 2 is 1.88 bits per heavy atom. The molecule has 24 heavy (non-hydrogen) atoms. The lowest BCUT2D eigenvalue weighted by atomic mass is 10.2. The highest BCUT2D eigenvalue weighted by atomic mass is 16.5. The summed E-state index contributed by atoms with van der Waals surface area (Å²) in [6.07, 6.45) is 1.93. The maximum Gasteiger partial charge on any atom is 0.227 e. The van der Waals surface area contributed by atoms with Crippen molar-refractivity contribution < 1.29 is 14.3 Å². The number of nitrogens with one attached hydrogen (secondary N) is 2. The first-order valence-electron chi connectivity index (χ1n) is 8.01. The van der Waals surface area contributed by atoms with Crippen LogP contribution in [0.1, 0.15) is 25.3 Å². The molecule has 3 rings (SSSR count). The third kappa shape index (κ3) is 4.35. The van der Waals surface area contributed by atoms with Crippen molar-refractivity contribution in [1.82, 2.24) is 0 Å². The smallest absolute Gasteiger partial charge is 0.227 e. The van der Waals surface area contributed by atoms with E-state index in [4.69, 9.17) is 4.74 Å². The lowest BCUT2D eigenvalue weighted by Gasteiger charge is -2.13. The van der Waals surface area contributed by atoms with Crippen LogP contribution in [0.15, 0.2) is 48.5 Å². The third-order valence-electron chi connectivity index (χ3n) is 3.73. The standard InChI is InChI=1S/C19H20N2O3/c1-13(22)20-16-6-4-5-14(11-16)12-24-18-8-3-2-7-17(18)21-19(23)15-9-10-15/h2-8,11,15H,9-10,12H2,1H3,(H,20,22)(H,21,23). The molecule has 5 heteroatoms. The van der Waals surface area contributed by atoms with Gasteiger partial charge in [-0.3, -0.25) is 9.59 Å². The van der Waals surface area contributed by atoms with Gasteiger partial charge in [0.2, 0.25) is 11.8 Å². The molecule has 0 spiro atoms. The molecule has 124 valence electrons. The second kappa shape index (κ2) is 7.17. The predicted octanol–water partition coefficient (Wildman–Crippen LogP) is 3.57. The molecule has 0 atom stereocenters. The van der Waals surface area contributed by atoms with Crippen molar-refractivity contribution in [1.29, 1.82) is 0 Å². The first-order chi connectivity index (χ1) is 11.6. The van der Waals surface area contributed by atoms with Gasteiger partial charge in [0.1, 0.15) is 12.4 Å². The second-order valence-corrected chi connectivity index (χ2v) is 5.93. The van der Waals surface area contributed by atoms with Crippen molar-refractivity contribution in [3.8, 4) is 5.75 Å². The van der Waals surface area contributed by atoms with Crippen LogP contribution in [0.25, 0.3) is 0 Å². The number of anilines is 2. The third-order valence-corrected chi connectivity index (χ3v) is 3.73. The van der Waals surface area contributed by atoms with Gasteiger partial charge in [-0.05, 0) is 42.7 Å². The van der Waals surface area contributed by atoms with Crippen molar-refractivity contribution in [3.05, 3.63) is 54.1 Å². The van der Waals surface area contributed by atoms with Gasteiger partial charge in [-0.2, -0.15) is 0 Å². The molecule has 0 aromatic heterocycles. The fraction of sp³-hybridized carbons (Fsp3) is 0.263. The Morgan fingerprint density at radius 3 is 2.62 bits per heavy atom. The van der Waals surface area contributed by atoms with Crippen molar-refractivity contribution in [3.63, 3.8) is 0 Å². The molecule has 0 aliphatic heterocycles. The molecule has 0 unspecified atom stereocenters. The van der Waals surface area contributed by atoms with Crippen molar-refractivity contribution in [2.45, 2.75) is 26.4 Å². The van der Waals surface area contributed by atoms with E-state index in [0.717, 1.165) is 24.1 Å². The van der Waals surface area contributed by atoms with Gasteiger partial charge in [-0.15, -0.1) is 0 Å². The van der Waals surface area contributed by atoms with Crippen LogP contribution in [0.2, 0.25) is 0 Å². The quantitative estimate of drug-likeness (QED) is 0.853. The minimum absolute atomic E-state index is 0.0544. The molecule has 2 aromatic rings. The van der Waals surface area contributed by atoms with E-state index in [1.54, 1.807) is 0 Å². The summed E-state index contributed by atoms with van der Waals surface area (Å²) in [6, 6.07) is 14.9. The molecule has 0 bridgehead atoms. The number of amides is 2. The normalized spacial score (nSPS) is 13.2. The molecular formula is C19H20N2O3. The van der Waals surface area contributed by atoms with Gasteiger partial charge in [0, 0.05) is 18.5 Å². The monoisotopic (exact) mass is 324 g/mol. The molecule has 5 nitrogen and oxygen atoms in total. The Bertz CT molecular complexity index is 754. The summed E-state index contributed by atoms with van der Waals surface area (Å²) in [5.41, 5.74) is 2.36. The van der Waals surface area contributed by atoms with Crippen molar-refractivity contribution in [2.75, 3.05) is 10.6 Å². The van der Waals surface area contributed by atoms with Crippen LogP contribution in [0.3, 0.4) is 0 Å². The van der Waals surface area contributed by atoms with Crippen LogP contribution in [-0.4, -0.2) is 11.8 Å². The van der Waals surface area contributed by atoms with E-state index in [1.165, 1.54) is 6.92 Å². The van der Waals surface area contributed by atoms with Crippen LogP contribution >= 0.6 is 0 Å². The molecule has 2 aromatic carbocycles. The van der Waals surface area contributed by atoms with E-state index >= 15 is 0 Å². The zero-order valence-electron chi connectivity index (χ0n) is 13.5. The fourth-order valence-electron chi connectivity index (χ4n) is 2.38. The van der Waals surface area contributed by atoms with Crippen molar-refractivity contribution in [2.24, 2.45) is 5.92 Å². The fourth-order valence-corrected chi connectivity index (χ4v) is 2.38. The van der Waals surface area contributed by atoms with Crippen LogP contribution in [-0.2, 0) is 16.2 Å². The summed E-state index contributed by atoms with van der Waals surface area (Å²) in [5, 5.41) is 5.67. The van der Waals surface area contributed by atoms with E-state index < -0.39 is 0 Å². The summed E-state index contributed by atoms with van der Waals surface area (Å²) >= 11 is 0. The summed E-state index contributed by atoms with van der Waals surface area (Å²) < 4.78 is 5.86. The molecule has 0 heterocycles. The lowest BCUT2D eigenvalue weighted by molar-refractivity contribution is -0.117. The molecule has 2 N–H and O–H groups in total. The van der Waals surface area contributed by atoms with E-state index in [-0.39, 0.29) is 17.7 Å². The van der Waals surface area contributed by atoms with Gasteiger partial charge in [-0.25, -0.2) is 0 Å². The highest BCUT2D eigenvalue weighted by Gasteiger charge is 2.30.